The minimum Gasteiger partial charge on any atom is -0.378 e. The number of hydrogen-bond donors (Lipinski definition) is 0. The molecule has 2 fully saturated rings. The van der Waals surface area contributed by atoms with E-state index in [0.717, 1.165) is 57.1 Å². The molecule has 1 aromatic rings. The Morgan fingerprint density at radius 1 is 1.22 bits per heavy atom. The van der Waals surface area contributed by atoms with E-state index < -0.39 is 0 Å². The van der Waals surface area contributed by atoms with E-state index in [-0.39, 0.29) is 10.6 Å². The van der Waals surface area contributed by atoms with Gasteiger partial charge in [-0.3, -0.25) is 19.9 Å². The number of nitro groups is 1. The quantitative estimate of drug-likeness (QED) is 0.600. The Kier molecular flexibility index (Phi) is 3.71. The van der Waals surface area contributed by atoms with Gasteiger partial charge in [-0.25, -0.2) is 0 Å². The highest BCUT2D eigenvalue weighted by Crippen LogP contribution is 2.37. The molecule has 0 aliphatic carbocycles. The Hall–Kier alpha value is -1.70. The second kappa shape index (κ2) is 5.74. The summed E-state index contributed by atoms with van der Waals surface area (Å²) in [5, 5.41) is 11.3. The average Bonchev–Trinajstić information content (AvgIpc) is 2.94. The van der Waals surface area contributed by atoms with Crippen molar-refractivity contribution in [2.45, 2.75) is 19.1 Å². The van der Waals surface area contributed by atoms with Gasteiger partial charge in [0.25, 0.3) is 5.69 Å². The van der Waals surface area contributed by atoms with Crippen LogP contribution in [0, 0.1) is 10.1 Å². The number of nitro benzene ring substituents is 1. The number of anilines is 1. The molecular formula is C16H22N4O3. The van der Waals surface area contributed by atoms with E-state index in [1.807, 2.05) is 13.1 Å². The third-order valence-corrected chi connectivity index (χ3v) is 5.21. The fraction of sp³-hybridized carbons (Fsp3) is 0.625. The number of nitrogens with zero attached hydrogens (tertiary/aromatic N) is 4. The van der Waals surface area contributed by atoms with Crippen LogP contribution in [0.2, 0.25) is 0 Å². The molecule has 0 amide bonds. The first-order chi connectivity index (χ1) is 11.1. The Morgan fingerprint density at radius 3 is 2.87 bits per heavy atom. The predicted molar refractivity (Wildman–Crippen MR) is 86.7 cm³/mol. The molecule has 0 spiro atoms. The number of morpholine rings is 1. The fourth-order valence-corrected chi connectivity index (χ4v) is 4.05. The van der Waals surface area contributed by atoms with Gasteiger partial charge in [-0.2, -0.15) is 0 Å². The zero-order valence-corrected chi connectivity index (χ0v) is 13.4. The molecule has 124 valence electrons. The van der Waals surface area contributed by atoms with Crippen LogP contribution in [-0.2, 0) is 17.8 Å². The lowest BCUT2D eigenvalue weighted by molar-refractivity contribution is -0.385. The number of ether oxygens (including phenoxy) is 1. The summed E-state index contributed by atoms with van der Waals surface area (Å²) in [6.07, 6.45) is 0. The minimum absolute atomic E-state index is 0.255. The van der Waals surface area contributed by atoms with Crippen LogP contribution in [0.1, 0.15) is 11.1 Å². The Bertz CT molecular complexity index is 636. The van der Waals surface area contributed by atoms with Crippen LogP contribution in [0.15, 0.2) is 12.1 Å². The van der Waals surface area contributed by atoms with E-state index in [9.17, 15) is 10.1 Å². The number of piperazine rings is 1. The van der Waals surface area contributed by atoms with E-state index >= 15 is 0 Å². The van der Waals surface area contributed by atoms with Gasteiger partial charge in [0, 0.05) is 56.6 Å². The molecule has 7 heteroatoms. The van der Waals surface area contributed by atoms with Crippen LogP contribution in [-0.4, -0.2) is 67.2 Å². The maximum atomic E-state index is 11.3. The van der Waals surface area contributed by atoms with Crippen LogP contribution in [0.5, 0.6) is 0 Å². The third-order valence-electron chi connectivity index (χ3n) is 5.21. The molecule has 1 atom stereocenters. The lowest BCUT2D eigenvalue weighted by Gasteiger charge is -2.45. The molecular weight excluding hydrogens is 296 g/mol. The van der Waals surface area contributed by atoms with Gasteiger partial charge in [-0.1, -0.05) is 0 Å². The first-order valence-corrected chi connectivity index (χ1v) is 8.18. The summed E-state index contributed by atoms with van der Waals surface area (Å²) in [5.74, 6) is 0. The second-order valence-corrected chi connectivity index (χ2v) is 6.70. The standard InChI is InChI=1S/C16H22N4O3/c1-17-9-13-14(10-17)16(20(21)22)3-2-15(13)19-5-4-18-6-7-23-11-12(18)8-19/h2-3,12H,4-11H2,1H3. The number of fused-ring (bicyclic) bond motifs is 2. The van der Waals surface area contributed by atoms with Crippen LogP contribution in [0.4, 0.5) is 11.4 Å². The third kappa shape index (κ3) is 2.58. The van der Waals surface area contributed by atoms with Gasteiger partial charge >= 0.3 is 0 Å². The largest absolute Gasteiger partial charge is 0.378 e. The normalized spacial score (nSPS) is 25.3. The summed E-state index contributed by atoms with van der Waals surface area (Å²) in [4.78, 5) is 18.1. The molecule has 0 N–H and O–H groups in total. The van der Waals surface area contributed by atoms with Crippen molar-refractivity contribution in [3.8, 4) is 0 Å². The van der Waals surface area contributed by atoms with Crippen LogP contribution in [0.3, 0.4) is 0 Å². The maximum absolute atomic E-state index is 11.3. The SMILES string of the molecule is CN1Cc2c(N3CCN4CCOCC4C3)ccc([N+](=O)[O-])c2C1. The summed E-state index contributed by atoms with van der Waals surface area (Å²) in [6.45, 7) is 7.02. The minimum atomic E-state index is -0.255. The van der Waals surface area contributed by atoms with Gasteiger partial charge in [-0.05, 0) is 13.1 Å². The van der Waals surface area contributed by atoms with Crippen LogP contribution < -0.4 is 4.90 Å². The summed E-state index contributed by atoms with van der Waals surface area (Å²) in [7, 11) is 2.01. The topological polar surface area (TPSA) is 62.1 Å². The molecule has 23 heavy (non-hydrogen) atoms. The van der Waals surface area contributed by atoms with Crippen LogP contribution >= 0.6 is 0 Å². The summed E-state index contributed by atoms with van der Waals surface area (Å²) in [5.41, 5.74) is 3.44. The van der Waals surface area contributed by atoms with E-state index in [1.165, 1.54) is 5.69 Å². The predicted octanol–water partition coefficient (Wildman–Crippen LogP) is 1.06. The van der Waals surface area contributed by atoms with Gasteiger partial charge < -0.3 is 9.64 Å². The first-order valence-electron chi connectivity index (χ1n) is 8.18. The molecule has 4 rings (SSSR count). The van der Waals surface area contributed by atoms with Gasteiger partial charge in [-0.15, -0.1) is 0 Å². The smallest absolute Gasteiger partial charge is 0.274 e. The Balaban J connectivity index is 1.65. The highest BCUT2D eigenvalue weighted by molar-refractivity contribution is 5.64. The zero-order valence-electron chi connectivity index (χ0n) is 13.4. The lowest BCUT2D eigenvalue weighted by Crippen LogP contribution is -2.58. The average molecular weight is 318 g/mol. The zero-order chi connectivity index (χ0) is 16.0. The summed E-state index contributed by atoms with van der Waals surface area (Å²) < 4.78 is 5.62. The van der Waals surface area contributed by atoms with E-state index in [2.05, 4.69) is 14.7 Å². The van der Waals surface area contributed by atoms with Crippen LogP contribution in [0.25, 0.3) is 0 Å². The monoisotopic (exact) mass is 318 g/mol. The van der Waals surface area contributed by atoms with Gasteiger partial charge in [0.05, 0.1) is 29.7 Å². The van der Waals surface area contributed by atoms with E-state index in [0.29, 0.717) is 12.6 Å². The van der Waals surface area contributed by atoms with Crippen molar-refractivity contribution in [2.24, 2.45) is 0 Å². The van der Waals surface area contributed by atoms with E-state index in [1.54, 1.807) is 6.07 Å². The highest BCUT2D eigenvalue weighted by Gasteiger charge is 2.33. The molecule has 2 saturated heterocycles. The van der Waals surface area contributed by atoms with Crippen molar-refractivity contribution in [2.75, 3.05) is 51.3 Å². The van der Waals surface area contributed by atoms with Crippen molar-refractivity contribution in [3.05, 3.63) is 33.4 Å². The maximum Gasteiger partial charge on any atom is 0.274 e. The van der Waals surface area contributed by atoms with Crippen molar-refractivity contribution < 1.29 is 9.66 Å². The summed E-state index contributed by atoms with van der Waals surface area (Å²) >= 11 is 0. The van der Waals surface area contributed by atoms with Crippen molar-refractivity contribution in [3.63, 3.8) is 0 Å². The molecule has 0 radical (unpaired) electrons. The molecule has 3 aliphatic heterocycles. The lowest BCUT2D eigenvalue weighted by atomic mass is 10.0. The molecule has 0 bridgehead atoms. The molecule has 7 nitrogen and oxygen atoms in total. The molecule has 0 aromatic heterocycles. The molecule has 1 unspecified atom stereocenters. The Morgan fingerprint density at radius 2 is 2.04 bits per heavy atom. The van der Waals surface area contributed by atoms with E-state index in [4.69, 9.17) is 4.74 Å². The van der Waals surface area contributed by atoms with Gasteiger partial charge in [0.1, 0.15) is 0 Å². The van der Waals surface area contributed by atoms with Gasteiger partial charge in [0.15, 0.2) is 0 Å². The van der Waals surface area contributed by atoms with Crippen molar-refractivity contribution in [1.29, 1.82) is 0 Å². The molecule has 0 saturated carbocycles. The Labute approximate surface area is 135 Å². The first kappa shape index (κ1) is 14.9. The second-order valence-electron chi connectivity index (χ2n) is 6.70. The summed E-state index contributed by atoms with van der Waals surface area (Å²) in [6, 6.07) is 4.05. The highest BCUT2D eigenvalue weighted by atomic mass is 16.6. The van der Waals surface area contributed by atoms with Crippen molar-refractivity contribution >= 4 is 11.4 Å². The molecule has 3 heterocycles. The number of hydrogen-bond acceptors (Lipinski definition) is 6. The van der Waals surface area contributed by atoms with Gasteiger partial charge in [0.2, 0.25) is 0 Å². The fourth-order valence-electron chi connectivity index (χ4n) is 4.05. The number of benzene rings is 1. The number of rotatable bonds is 2. The van der Waals surface area contributed by atoms with Crippen molar-refractivity contribution in [1.82, 2.24) is 9.80 Å². The molecule has 1 aromatic carbocycles. The molecule has 3 aliphatic rings.